The van der Waals surface area contributed by atoms with Crippen molar-refractivity contribution in [1.29, 1.82) is 0 Å². The van der Waals surface area contributed by atoms with Crippen LogP contribution in [0.15, 0.2) is 66.9 Å². The van der Waals surface area contributed by atoms with Crippen molar-refractivity contribution in [2.45, 2.75) is 50.9 Å². The van der Waals surface area contributed by atoms with E-state index >= 15 is 0 Å². The number of benzene rings is 3. The number of carbonyl (C=O) groups excluding carboxylic acids is 2. The summed E-state index contributed by atoms with van der Waals surface area (Å²) < 4.78 is 20.5. The van der Waals surface area contributed by atoms with Crippen molar-refractivity contribution in [3.05, 3.63) is 89.5 Å². The number of hydrogen-bond acceptors (Lipinski definition) is 7. The monoisotopic (exact) mass is 611 g/mol. The average molecular weight is 612 g/mol. The highest BCUT2D eigenvalue weighted by Gasteiger charge is 2.53. The zero-order valence-corrected chi connectivity index (χ0v) is 25.9. The molecule has 3 radical (unpaired) electrons. The Labute approximate surface area is 260 Å². The molecular formula is C33H36FN6O3Si. The first-order valence-corrected chi connectivity index (χ1v) is 15.9. The van der Waals surface area contributed by atoms with Gasteiger partial charge >= 0.3 is 5.97 Å². The standard InChI is InChI=1S/C33H36FN6O3Si/c1-2-43-31(41)29-21-39(36-35-29)17-5-16-38-23-40(28-12-10-27(34)11-13-28)33(32(38)42)14-18-37(19-15-33)20-25-8-3-6-24-7-4-9-26(22-44)30(24)25/h3-4,6-13,21H,2,5,14-20,22-23H2,1H3. The molecule has 0 atom stereocenters. The summed E-state index contributed by atoms with van der Waals surface area (Å²) in [5.41, 5.74) is 2.90. The molecule has 44 heavy (non-hydrogen) atoms. The van der Waals surface area contributed by atoms with E-state index in [-0.39, 0.29) is 24.0 Å². The molecule has 1 aromatic heterocycles. The Morgan fingerprint density at radius 2 is 1.75 bits per heavy atom. The van der Waals surface area contributed by atoms with Crippen LogP contribution < -0.4 is 4.90 Å². The van der Waals surface area contributed by atoms with Gasteiger partial charge in [0.15, 0.2) is 5.69 Å². The highest BCUT2D eigenvalue weighted by molar-refractivity contribution is 6.10. The lowest BCUT2D eigenvalue weighted by Gasteiger charge is -2.43. The predicted molar refractivity (Wildman–Crippen MR) is 167 cm³/mol. The van der Waals surface area contributed by atoms with Gasteiger partial charge in [-0.2, -0.15) is 0 Å². The van der Waals surface area contributed by atoms with E-state index in [2.05, 4.69) is 66.8 Å². The van der Waals surface area contributed by atoms with Gasteiger partial charge < -0.3 is 14.5 Å². The van der Waals surface area contributed by atoms with Crippen LogP contribution in [-0.2, 0) is 28.7 Å². The summed E-state index contributed by atoms with van der Waals surface area (Å²) in [5, 5.41) is 10.5. The van der Waals surface area contributed by atoms with Crippen molar-refractivity contribution >= 4 is 38.6 Å². The first-order chi connectivity index (χ1) is 21.4. The summed E-state index contributed by atoms with van der Waals surface area (Å²) in [6.45, 7) is 5.86. The molecule has 0 bridgehead atoms. The van der Waals surface area contributed by atoms with Crippen molar-refractivity contribution in [3.63, 3.8) is 0 Å². The number of ether oxygens (including phenoxy) is 1. The van der Waals surface area contributed by atoms with E-state index in [4.69, 9.17) is 4.74 Å². The van der Waals surface area contributed by atoms with Gasteiger partial charge in [0.2, 0.25) is 5.91 Å². The number of nitrogens with zero attached hydrogens (tertiary/aromatic N) is 6. The fourth-order valence-electron chi connectivity index (χ4n) is 6.62. The number of hydrogen-bond donors (Lipinski definition) is 0. The predicted octanol–water partition coefficient (Wildman–Crippen LogP) is 4.15. The lowest BCUT2D eigenvalue weighted by atomic mass is 9.85. The molecule has 0 N–H and O–H groups in total. The van der Waals surface area contributed by atoms with Crippen molar-refractivity contribution in [3.8, 4) is 0 Å². The van der Waals surface area contributed by atoms with Crippen LogP contribution >= 0.6 is 0 Å². The van der Waals surface area contributed by atoms with Gasteiger partial charge in [-0.3, -0.25) is 14.4 Å². The molecule has 1 spiro atoms. The molecule has 11 heteroatoms. The van der Waals surface area contributed by atoms with Crippen molar-refractivity contribution < 1.29 is 18.7 Å². The molecule has 227 valence electrons. The maximum absolute atomic E-state index is 14.2. The normalized spacial score (nSPS) is 16.8. The van der Waals surface area contributed by atoms with Crippen LogP contribution in [0.4, 0.5) is 10.1 Å². The van der Waals surface area contributed by atoms with E-state index in [1.807, 2.05) is 4.90 Å². The van der Waals surface area contributed by atoms with E-state index in [1.165, 1.54) is 34.0 Å². The molecule has 0 aliphatic carbocycles. The summed E-state index contributed by atoms with van der Waals surface area (Å²) in [7, 11) is 3.71. The SMILES string of the molecule is CCOC(=O)c1cn(CCCN2CN(c3ccc(F)cc3)C3(CCN(Cc4cccc5cccc(C[Si])c45)CC3)C2=O)nn1. The van der Waals surface area contributed by atoms with Crippen LogP contribution in [0.5, 0.6) is 0 Å². The molecule has 2 fully saturated rings. The smallest absolute Gasteiger partial charge is 0.360 e. The van der Waals surface area contributed by atoms with Gasteiger partial charge in [0.05, 0.1) is 19.5 Å². The molecule has 2 saturated heterocycles. The lowest BCUT2D eigenvalue weighted by Crippen LogP contribution is -2.56. The largest absolute Gasteiger partial charge is 0.461 e. The molecule has 6 rings (SSSR count). The molecule has 3 aromatic carbocycles. The van der Waals surface area contributed by atoms with Crippen molar-refractivity contribution in [1.82, 2.24) is 24.8 Å². The Kier molecular flexibility index (Phi) is 8.76. The number of fused-ring (bicyclic) bond motifs is 1. The Hall–Kier alpha value is -4.09. The van der Waals surface area contributed by atoms with E-state index in [0.717, 1.165) is 31.4 Å². The third-order valence-corrected chi connectivity index (χ3v) is 9.22. The molecule has 1 amide bonds. The van der Waals surface area contributed by atoms with E-state index in [9.17, 15) is 14.0 Å². The van der Waals surface area contributed by atoms with Crippen molar-refractivity contribution in [2.75, 3.05) is 37.8 Å². The highest BCUT2D eigenvalue weighted by Crippen LogP contribution is 2.40. The minimum atomic E-state index is -0.682. The lowest BCUT2D eigenvalue weighted by molar-refractivity contribution is -0.133. The third-order valence-electron chi connectivity index (χ3n) is 8.84. The zero-order valence-electron chi connectivity index (χ0n) is 24.9. The number of esters is 1. The van der Waals surface area contributed by atoms with Crippen LogP contribution in [0.1, 0.15) is 47.8 Å². The van der Waals surface area contributed by atoms with Crippen LogP contribution in [0, 0.1) is 5.82 Å². The summed E-state index contributed by atoms with van der Waals surface area (Å²) >= 11 is 0. The van der Waals surface area contributed by atoms with Crippen LogP contribution in [-0.4, -0.2) is 85.4 Å². The van der Waals surface area contributed by atoms with Gasteiger partial charge in [-0.1, -0.05) is 41.6 Å². The maximum atomic E-state index is 14.2. The summed E-state index contributed by atoms with van der Waals surface area (Å²) in [4.78, 5) is 32.6. The highest BCUT2D eigenvalue weighted by atomic mass is 28.1. The molecule has 3 heterocycles. The van der Waals surface area contributed by atoms with Crippen LogP contribution in [0.3, 0.4) is 0 Å². The van der Waals surface area contributed by atoms with Gasteiger partial charge in [0, 0.05) is 48.7 Å². The van der Waals surface area contributed by atoms with E-state index < -0.39 is 11.5 Å². The Bertz CT molecular complexity index is 1630. The summed E-state index contributed by atoms with van der Waals surface area (Å²) in [6, 6.07) is 20.1. The first-order valence-electron chi connectivity index (χ1n) is 15.2. The number of likely N-dealkylation sites (tertiary alicyclic amines) is 1. The van der Waals surface area contributed by atoms with Crippen LogP contribution in [0.2, 0.25) is 0 Å². The molecule has 4 aromatic rings. The third kappa shape index (κ3) is 5.86. The molecule has 2 aliphatic rings. The number of aryl methyl sites for hydroxylation is 1. The topological polar surface area (TPSA) is 83.8 Å². The Balaban J connectivity index is 1.16. The second-order valence-corrected chi connectivity index (χ2v) is 11.8. The van der Waals surface area contributed by atoms with Gasteiger partial charge in [0.25, 0.3) is 0 Å². The number of piperidine rings is 1. The maximum Gasteiger partial charge on any atom is 0.360 e. The Morgan fingerprint density at radius 1 is 1.02 bits per heavy atom. The quantitative estimate of drug-likeness (QED) is 0.197. The number of rotatable bonds is 10. The van der Waals surface area contributed by atoms with Gasteiger partial charge in [-0.25, -0.2) is 9.18 Å². The zero-order chi connectivity index (χ0) is 30.7. The van der Waals surface area contributed by atoms with E-state index in [0.29, 0.717) is 39.0 Å². The molecule has 0 unspecified atom stereocenters. The van der Waals surface area contributed by atoms with Crippen molar-refractivity contribution in [2.24, 2.45) is 0 Å². The fourth-order valence-corrected chi connectivity index (χ4v) is 6.91. The summed E-state index contributed by atoms with van der Waals surface area (Å²) in [5.74, 6) is -0.688. The van der Waals surface area contributed by atoms with Crippen LogP contribution in [0.25, 0.3) is 10.8 Å². The number of carbonyl (C=O) groups is 2. The molecule has 2 aliphatic heterocycles. The van der Waals surface area contributed by atoms with Gasteiger partial charge in [-0.05, 0) is 78.4 Å². The fraction of sp³-hybridized carbons (Fsp3) is 0.394. The number of anilines is 1. The van der Waals surface area contributed by atoms with Gasteiger partial charge in [0.1, 0.15) is 11.4 Å². The number of halogens is 1. The minimum Gasteiger partial charge on any atom is -0.461 e. The van der Waals surface area contributed by atoms with Gasteiger partial charge in [-0.15, -0.1) is 5.10 Å². The number of amides is 1. The molecular weight excluding hydrogens is 575 g/mol. The second-order valence-electron chi connectivity index (χ2n) is 11.5. The second kappa shape index (κ2) is 12.9. The average Bonchev–Trinajstić information content (AvgIpc) is 3.62. The molecule has 9 nitrogen and oxygen atoms in total. The number of aromatic nitrogens is 3. The first kappa shape index (κ1) is 30.0. The Morgan fingerprint density at radius 3 is 2.45 bits per heavy atom. The summed E-state index contributed by atoms with van der Waals surface area (Å²) in [6.07, 6.45) is 3.58. The minimum absolute atomic E-state index is 0.110. The van der Waals surface area contributed by atoms with E-state index in [1.54, 1.807) is 29.9 Å². The molecule has 0 saturated carbocycles.